The largest absolute Gasteiger partial charge is 0.325 e. The number of aromatic nitrogens is 1. The summed E-state index contributed by atoms with van der Waals surface area (Å²) >= 11 is 0. The summed E-state index contributed by atoms with van der Waals surface area (Å²) in [7, 11) is 0. The van der Waals surface area contributed by atoms with E-state index in [-0.39, 0.29) is 18.0 Å². The molecule has 0 unspecified atom stereocenters. The van der Waals surface area contributed by atoms with E-state index in [9.17, 15) is 4.79 Å². The van der Waals surface area contributed by atoms with Crippen LogP contribution in [0, 0.1) is 0 Å². The molecule has 0 aliphatic heterocycles. The highest BCUT2D eigenvalue weighted by atomic mass is 16.2. The van der Waals surface area contributed by atoms with Crippen LogP contribution in [0.5, 0.6) is 0 Å². The van der Waals surface area contributed by atoms with Gasteiger partial charge in [-0.1, -0.05) is 56.3 Å². The van der Waals surface area contributed by atoms with Crippen molar-refractivity contribution in [3.63, 3.8) is 0 Å². The lowest BCUT2D eigenvalue weighted by molar-refractivity contribution is -0.118. The molecule has 0 spiro atoms. The zero-order valence-electron chi connectivity index (χ0n) is 15.7. The van der Waals surface area contributed by atoms with Crippen LogP contribution in [0.4, 0.5) is 5.69 Å². The highest BCUT2D eigenvalue weighted by Gasteiger charge is 2.20. The lowest BCUT2D eigenvalue weighted by atomic mass is 10.0. The van der Waals surface area contributed by atoms with Crippen LogP contribution in [0.25, 0.3) is 11.1 Å². The monoisotopic (exact) mass is 359 g/mol. The van der Waals surface area contributed by atoms with E-state index in [0.717, 1.165) is 22.4 Å². The van der Waals surface area contributed by atoms with Crippen molar-refractivity contribution < 1.29 is 4.79 Å². The van der Waals surface area contributed by atoms with Crippen molar-refractivity contribution in [3.05, 3.63) is 84.7 Å². The second-order valence-corrected chi connectivity index (χ2v) is 6.87. The van der Waals surface area contributed by atoms with Crippen molar-refractivity contribution in [2.24, 2.45) is 0 Å². The molecule has 0 aliphatic rings. The Bertz CT molecular complexity index is 863. The summed E-state index contributed by atoms with van der Waals surface area (Å²) in [6, 6.07) is 21.8. The first-order valence-corrected chi connectivity index (χ1v) is 9.23. The zero-order valence-corrected chi connectivity index (χ0v) is 15.7. The first-order chi connectivity index (χ1) is 13.1. The summed E-state index contributed by atoms with van der Waals surface area (Å²) in [5.74, 6) is -0.0283. The Labute approximate surface area is 160 Å². The molecule has 0 saturated carbocycles. The second-order valence-electron chi connectivity index (χ2n) is 6.87. The number of hydrogen-bond donors (Lipinski definition) is 2. The van der Waals surface area contributed by atoms with Crippen molar-refractivity contribution in [1.29, 1.82) is 0 Å². The number of hydrogen-bond acceptors (Lipinski definition) is 3. The van der Waals surface area contributed by atoms with Crippen LogP contribution < -0.4 is 10.6 Å². The molecule has 2 aromatic carbocycles. The number of benzene rings is 2. The van der Waals surface area contributed by atoms with Gasteiger partial charge in [-0.2, -0.15) is 0 Å². The van der Waals surface area contributed by atoms with Crippen molar-refractivity contribution in [3.8, 4) is 11.1 Å². The van der Waals surface area contributed by atoms with Crippen molar-refractivity contribution in [1.82, 2.24) is 10.3 Å². The van der Waals surface area contributed by atoms with Crippen molar-refractivity contribution in [2.75, 3.05) is 5.32 Å². The first-order valence-electron chi connectivity index (χ1n) is 9.23. The highest BCUT2D eigenvalue weighted by molar-refractivity contribution is 5.95. The van der Waals surface area contributed by atoms with Crippen LogP contribution in [0.1, 0.15) is 19.4 Å². The van der Waals surface area contributed by atoms with E-state index in [4.69, 9.17) is 0 Å². The minimum absolute atomic E-state index is 0.0283. The van der Waals surface area contributed by atoms with Crippen LogP contribution in [0.2, 0.25) is 0 Å². The summed E-state index contributed by atoms with van der Waals surface area (Å²) in [6.45, 7) is 4.10. The Morgan fingerprint density at radius 2 is 1.67 bits per heavy atom. The molecule has 1 amide bonds. The molecule has 1 atom stereocenters. The third-order valence-electron chi connectivity index (χ3n) is 4.28. The highest BCUT2D eigenvalue weighted by Crippen LogP contribution is 2.22. The van der Waals surface area contributed by atoms with Gasteiger partial charge in [0.15, 0.2) is 0 Å². The number of carbonyl (C=O) groups is 1. The molecule has 0 saturated heterocycles. The Morgan fingerprint density at radius 1 is 0.926 bits per heavy atom. The second kappa shape index (κ2) is 9.10. The van der Waals surface area contributed by atoms with Crippen LogP contribution in [-0.2, 0) is 11.2 Å². The molecule has 3 aromatic rings. The third-order valence-corrected chi connectivity index (χ3v) is 4.28. The number of carbonyl (C=O) groups excluding carboxylic acids is 1. The van der Waals surface area contributed by atoms with Crippen LogP contribution in [0.15, 0.2) is 79.1 Å². The van der Waals surface area contributed by atoms with Crippen molar-refractivity contribution >= 4 is 11.6 Å². The maximum atomic E-state index is 12.9. The predicted molar refractivity (Wildman–Crippen MR) is 111 cm³/mol. The lowest BCUT2D eigenvalue weighted by Crippen LogP contribution is -2.45. The third kappa shape index (κ3) is 5.50. The van der Waals surface area contributed by atoms with Gasteiger partial charge in [0.05, 0.1) is 6.04 Å². The van der Waals surface area contributed by atoms with E-state index < -0.39 is 0 Å². The minimum atomic E-state index is -0.294. The Balaban J connectivity index is 1.75. The fourth-order valence-corrected chi connectivity index (χ4v) is 3.03. The number of rotatable bonds is 7. The maximum Gasteiger partial charge on any atom is 0.241 e. The number of anilines is 1. The van der Waals surface area contributed by atoms with Gasteiger partial charge in [0.1, 0.15) is 0 Å². The standard InChI is InChI=1S/C23H25N3O/c1-17(2)25-22(15-18-7-4-3-5-8-18)23(27)26-21-10-6-9-20(16-21)19-11-13-24-14-12-19/h3-14,16-17,22,25H,15H2,1-2H3,(H,26,27)/t22-/m0/s1. The van der Waals surface area contributed by atoms with Gasteiger partial charge in [0.25, 0.3) is 0 Å². The Kier molecular flexibility index (Phi) is 6.34. The van der Waals surface area contributed by atoms with E-state index >= 15 is 0 Å². The summed E-state index contributed by atoms with van der Waals surface area (Å²) < 4.78 is 0. The summed E-state index contributed by atoms with van der Waals surface area (Å²) in [5, 5.41) is 6.44. The summed E-state index contributed by atoms with van der Waals surface area (Å²) in [6.07, 6.45) is 4.18. The van der Waals surface area contributed by atoms with Gasteiger partial charge < -0.3 is 10.6 Å². The molecular weight excluding hydrogens is 334 g/mol. The molecule has 27 heavy (non-hydrogen) atoms. The number of nitrogens with one attached hydrogen (secondary N) is 2. The Morgan fingerprint density at radius 3 is 2.37 bits per heavy atom. The predicted octanol–water partition coefficient (Wildman–Crippen LogP) is 4.30. The van der Waals surface area contributed by atoms with Gasteiger partial charge in [0.2, 0.25) is 5.91 Å². The molecule has 0 bridgehead atoms. The van der Waals surface area contributed by atoms with Gasteiger partial charge in [-0.3, -0.25) is 9.78 Å². The Hall–Kier alpha value is -2.98. The van der Waals surface area contributed by atoms with Crippen LogP contribution in [0.3, 0.4) is 0 Å². The topological polar surface area (TPSA) is 54.0 Å². The van der Waals surface area contributed by atoms with Gasteiger partial charge in [-0.25, -0.2) is 0 Å². The normalized spacial score (nSPS) is 12.0. The van der Waals surface area contributed by atoms with Gasteiger partial charge >= 0.3 is 0 Å². The molecule has 4 heteroatoms. The molecule has 0 radical (unpaired) electrons. The smallest absolute Gasteiger partial charge is 0.241 e. The molecule has 138 valence electrons. The van der Waals surface area contributed by atoms with Crippen molar-refractivity contribution in [2.45, 2.75) is 32.4 Å². The zero-order chi connectivity index (χ0) is 19.1. The molecule has 2 N–H and O–H groups in total. The quantitative estimate of drug-likeness (QED) is 0.661. The van der Waals surface area contributed by atoms with E-state index in [1.165, 1.54) is 0 Å². The van der Waals surface area contributed by atoms with Crippen LogP contribution >= 0.6 is 0 Å². The van der Waals surface area contributed by atoms with Gasteiger partial charge in [-0.15, -0.1) is 0 Å². The fraction of sp³-hybridized carbons (Fsp3) is 0.217. The molecule has 3 rings (SSSR count). The first kappa shape index (κ1) is 18.8. The molecule has 0 aliphatic carbocycles. The van der Waals surface area contributed by atoms with E-state index in [1.54, 1.807) is 12.4 Å². The van der Waals surface area contributed by atoms with Crippen LogP contribution in [-0.4, -0.2) is 23.0 Å². The fourth-order valence-electron chi connectivity index (χ4n) is 3.03. The van der Waals surface area contributed by atoms with E-state index in [2.05, 4.69) is 29.5 Å². The van der Waals surface area contributed by atoms with Gasteiger partial charge in [-0.05, 0) is 47.4 Å². The van der Waals surface area contributed by atoms with Gasteiger partial charge in [0, 0.05) is 24.1 Å². The molecule has 1 aromatic heterocycles. The molecule has 1 heterocycles. The summed E-state index contributed by atoms with van der Waals surface area (Å²) in [5.41, 5.74) is 4.04. The molecular formula is C23H25N3O. The number of pyridine rings is 1. The molecule has 0 fully saturated rings. The number of nitrogens with zero attached hydrogens (tertiary/aromatic N) is 1. The number of amides is 1. The maximum absolute atomic E-state index is 12.9. The van der Waals surface area contributed by atoms with E-state index in [1.807, 2.05) is 66.7 Å². The minimum Gasteiger partial charge on any atom is -0.325 e. The summed E-state index contributed by atoms with van der Waals surface area (Å²) in [4.78, 5) is 17.0. The average Bonchev–Trinajstić information content (AvgIpc) is 2.69. The average molecular weight is 359 g/mol. The lowest BCUT2D eigenvalue weighted by Gasteiger charge is -2.21. The van der Waals surface area contributed by atoms with E-state index in [0.29, 0.717) is 6.42 Å². The SMILES string of the molecule is CC(C)N[C@@H](Cc1ccccc1)C(=O)Nc1cccc(-c2ccncc2)c1. The molecule has 4 nitrogen and oxygen atoms in total.